The van der Waals surface area contributed by atoms with E-state index in [1.54, 1.807) is 19.1 Å². The van der Waals surface area contributed by atoms with Gasteiger partial charge in [0.05, 0.1) is 17.2 Å². The van der Waals surface area contributed by atoms with Crippen LogP contribution in [-0.4, -0.2) is 28.1 Å². The van der Waals surface area contributed by atoms with Gasteiger partial charge in [0, 0.05) is 16.3 Å². The first kappa shape index (κ1) is 22.1. The number of aromatic carboxylic acids is 1. The van der Waals surface area contributed by atoms with Gasteiger partial charge < -0.3 is 15.7 Å². The number of benzene rings is 3. The largest absolute Gasteiger partial charge is 0.478 e. The van der Waals surface area contributed by atoms with Crippen molar-refractivity contribution in [2.45, 2.75) is 23.5 Å². The first-order valence-electron chi connectivity index (χ1n) is 9.65. The number of thioether (sulfide) groups is 1. The predicted molar refractivity (Wildman–Crippen MR) is 123 cm³/mol. The van der Waals surface area contributed by atoms with Crippen LogP contribution in [0, 0.1) is 0 Å². The summed E-state index contributed by atoms with van der Waals surface area (Å²) in [5, 5.41) is 14.2. The van der Waals surface area contributed by atoms with Crippen LogP contribution < -0.4 is 10.6 Å². The van der Waals surface area contributed by atoms with Crippen LogP contribution in [0.15, 0.2) is 83.8 Å². The van der Waals surface area contributed by atoms with Crippen LogP contribution in [0.5, 0.6) is 0 Å². The van der Waals surface area contributed by atoms with Crippen LogP contribution in [-0.2, 0) is 16.0 Å². The van der Waals surface area contributed by atoms with E-state index in [4.69, 9.17) is 5.11 Å². The van der Waals surface area contributed by atoms with E-state index >= 15 is 0 Å². The molecule has 0 aliphatic rings. The average Bonchev–Trinajstić information content (AvgIpc) is 2.75. The molecule has 0 aliphatic heterocycles. The molecule has 31 heavy (non-hydrogen) atoms. The van der Waals surface area contributed by atoms with E-state index in [0.29, 0.717) is 11.4 Å². The molecule has 3 aromatic rings. The highest BCUT2D eigenvalue weighted by atomic mass is 32.2. The maximum atomic E-state index is 12.5. The normalized spacial score (nSPS) is 11.4. The lowest BCUT2D eigenvalue weighted by molar-refractivity contribution is -0.116. The second-order valence-corrected chi connectivity index (χ2v) is 8.28. The van der Waals surface area contributed by atoms with Crippen molar-refractivity contribution < 1.29 is 19.5 Å². The summed E-state index contributed by atoms with van der Waals surface area (Å²) in [6.45, 7) is 1.78. The summed E-state index contributed by atoms with van der Waals surface area (Å²) in [6.07, 6.45) is 0.289. The first-order chi connectivity index (χ1) is 14.9. The van der Waals surface area contributed by atoms with Crippen LogP contribution in [0.3, 0.4) is 0 Å². The van der Waals surface area contributed by atoms with E-state index < -0.39 is 11.2 Å². The van der Waals surface area contributed by atoms with E-state index in [0.717, 1.165) is 10.5 Å². The molecule has 0 aromatic heterocycles. The number of rotatable bonds is 8. The molecule has 7 heteroatoms. The van der Waals surface area contributed by atoms with Gasteiger partial charge in [-0.15, -0.1) is 11.8 Å². The number of carboxylic acids is 1. The molecule has 0 saturated carbocycles. The second kappa shape index (κ2) is 10.4. The number of amides is 2. The van der Waals surface area contributed by atoms with Crippen LogP contribution in [0.2, 0.25) is 0 Å². The number of hydrogen-bond acceptors (Lipinski definition) is 4. The molecule has 1 unspecified atom stereocenters. The summed E-state index contributed by atoms with van der Waals surface area (Å²) in [5.74, 6) is -1.33. The standard InChI is InChI=1S/C24H22N2O4S/c1-16(23(28)26-19-12-10-18(11-13-19)24(29)30)31-21-9-5-8-20(15-21)25-22(27)14-17-6-3-2-4-7-17/h2-13,15-16H,14H2,1H3,(H,25,27)(H,26,28)(H,29,30). The zero-order valence-corrected chi connectivity index (χ0v) is 17.7. The Morgan fingerprint density at radius 2 is 1.58 bits per heavy atom. The van der Waals surface area contributed by atoms with Gasteiger partial charge in [-0.05, 0) is 55.0 Å². The third-order valence-electron chi connectivity index (χ3n) is 4.41. The Labute approximate surface area is 184 Å². The van der Waals surface area contributed by atoms with E-state index in [-0.39, 0.29) is 23.8 Å². The molecule has 6 nitrogen and oxygen atoms in total. The minimum Gasteiger partial charge on any atom is -0.478 e. The average molecular weight is 435 g/mol. The molecule has 3 aromatic carbocycles. The second-order valence-electron chi connectivity index (χ2n) is 6.87. The molecular weight excluding hydrogens is 412 g/mol. The lowest BCUT2D eigenvalue weighted by Crippen LogP contribution is -2.22. The molecule has 0 heterocycles. The summed E-state index contributed by atoms with van der Waals surface area (Å²) >= 11 is 1.37. The molecule has 0 aliphatic carbocycles. The quantitative estimate of drug-likeness (QED) is 0.447. The Hall–Kier alpha value is -3.58. The molecule has 2 amide bonds. The summed E-state index contributed by atoms with van der Waals surface area (Å²) in [4.78, 5) is 36.5. The van der Waals surface area contributed by atoms with Crippen molar-refractivity contribution >= 4 is 40.9 Å². The van der Waals surface area contributed by atoms with Gasteiger partial charge in [-0.3, -0.25) is 9.59 Å². The fourth-order valence-corrected chi connectivity index (χ4v) is 3.76. The number of nitrogens with one attached hydrogen (secondary N) is 2. The molecule has 0 bridgehead atoms. The van der Waals surface area contributed by atoms with Gasteiger partial charge in [0.1, 0.15) is 0 Å². The maximum absolute atomic E-state index is 12.5. The number of anilines is 2. The molecule has 0 radical (unpaired) electrons. The van der Waals surface area contributed by atoms with Crippen LogP contribution in [0.4, 0.5) is 11.4 Å². The van der Waals surface area contributed by atoms with Crippen molar-refractivity contribution in [2.75, 3.05) is 10.6 Å². The van der Waals surface area contributed by atoms with Crippen molar-refractivity contribution in [3.63, 3.8) is 0 Å². The Morgan fingerprint density at radius 1 is 0.871 bits per heavy atom. The molecule has 0 saturated heterocycles. The van der Waals surface area contributed by atoms with Crippen molar-refractivity contribution in [1.82, 2.24) is 0 Å². The van der Waals surface area contributed by atoms with Gasteiger partial charge in [-0.2, -0.15) is 0 Å². The van der Waals surface area contributed by atoms with E-state index in [1.165, 1.54) is 23.9 Å². The fourth-order valence-electron chi connectivity index (χ4n) is 2.83. The molecule has 0 spiro atoms. The first-order valence-corrected chi connectivity index (χ1v) is 10.5. The highest BCUT2D eigenvalue weighted by molar-refractivity contribution is 8.00. The minimum atomic E-state index is -1.02. The molecular formula is C24H22N2O4S. The van der Waals surface area contributed by atoms with Gasteiger partial charge in [-0.25, -0.2) is 4.79 Å². The molecule has 3 N–H and O–H groups in total. The lowest BCUT2D eigenvalue weighted by atomic mass is 10.1. The van der Waals surface area contributed by atoms with Gasteiger partial charge in [0.15, 0.2) is 0 Å². The highest BCUT2D eigenvalue weighted by Gasteiger charge is 2.15. The Morgan fingerprint density at radius 3 is 2.26 bits per heavy atom. The Balaban J connectivity index is 1.56. The molecule has 1 atom stereocenters. The van der Waals surface area contributed by atoms with Crippen molar-refractivity contribution in [3.05, 3.63) is 90.0 Å². The minimum absolute atomic E-state index is 0.107. The fraction of sp³-hybridized carbons (Fsp3) is 0.125. The third-order valence-corrected chi connectivity index (χ3v) is 5.50. The SMILES string of the molecule is CC(Sc1cccc(NC(=O)Cc2ccccc2)c1)C(=O)Nc1ccc(C(=O)O)cc1. The van der Waals surface area contributed by atoms with Crippen LogP contribution >= 0.6 is 11.8 Å². The van der Waals surface area contributed by atoms with Crippen molar-refractivity contribution in [2.24, 2.45) is 0 Å². The summed E-state index contributed by atoms with van der Waals surface area (Å²) in [6, 6.07) is 22.9. The Kier molecular flexibility index (Phi) is 7.45. The summed E-state index contributed by atoms with van der Waals surface area (Å²) in [7, 11) is 0. The summed E-state index contributed by atoms with van der Waals surface area (Å²) < 4.78 is 0. The van der Waals surface area contributed by atoms with Crippen molar-refractivity contribution in [3.8, 4) is 0 Å². The Bertz CT molecular complexity index is 1070. The van der Waals surface area contributed by atoms with Gasteiger partial charge in [0.2, 0.25) is 11.8 Å². The van der Waals surface area contributed by atoms with E-state index in [9.17, 15) is 14.4 Å². The lowest BCUT2D eigenvalue weighted by Gasteiger charge is -2.13. The highest BCUT2D eigenvalue weighted by Crippen LogP contribution is 2.27. The van der Waals surface area contributed by atoms with Gasteiger partial charge >= 0.3 is 5.97 Å². The summed E-state index contributed by atoms with van der Waals surface area (Å²) in [5.41, 5.74) is 2.30. The topological polar surface area (TPSA) is 95.5 Å². The number of hydrogen-bond donors (Lipinski definition) is 3. The van der Waals surface area contributed by atoms with Crippen molar-refractivity contribution in [1.29, 1.82) is 0 Å². The third kappa shape index (κ3) is 6.72. The number of carboxylic acid groups (broad SMARTS) is 1. The monoisotopic (exact) mass is 434 g/mol. The van der Waals surface area contributed by atoms with Gasteiger partial charge in [-0.1, -0.05) is 36.4 Å². The van der Waals surface area contributed by atoms with Crippen LogP contribution in [0.25, 0.3) is 0 Å². The molecule has 3 rings (SSSR count). The smallest absolute Gasteiger partial charge is 0.335 e. The molecule has 0 fully saturated rings. The van der Waals surface area contributed by atoms with E-state index in [1.807, 2.05) is 54.6 Å². The predicted octanol–water partition coefficient (Wildman–Crippen LogP) is 4.69. The number of carbonyl (C=O) groups excluding carboxylic acids is 2. The van der Waals surface area contributed by atoms with Crippen LogP contribution in [0.1, 0.15) is 22.8 Å². The molecule has 158 valence electrons. The zero-order valence-electron chi connectivity index (χ0n) is 16.9. The zero-order chi connectivity index (χ0) is 22.2. The maximum Gasteiger partial charge on any atom is 0.335 e. The van der Waals surface area contributed by atoms with E-state index in [2.05, 4.69) is 10.6 Å². The van der Waals surface area contributed by atoms with Gasteiger partial charge in [0.25, 0.3) is 0 Å². The number of carbonyl (C=O) groups is 3.